The second kappa shape index (κ2) is 5.69. The number of hydrogen-bond acceptors (Lipinski definition) is 4. The summed E-state index contributed by atoms with van der Waals surface area (Å²) in [6, 6.07) is 6.16. The number of anilines is 1. The van der Waals surface area contributed by atoms with Crippen molar-refractivity contribution in [2.45, 2.75) is 19.4 Å². The van der Waals surface area contributed by atoms with E-state index in [-0.39, 0.29) is 6.04 Å². The van der Waals surface area contributed by atoms with Crippen LogP contribution < -0.4 is 4.90 Å². The van der Waals surface area contributed by atoms with Crippen LogP contribution in [-0.2, 0) is 11.2 Å². The van der Waals surface area contributed by atoms with Crippen LogP contribution in [0, 0.1) is 0 Å². The molecule has 1 aliphatic heterocycles. The van der Waals surface area contributed by atoms with Crippen molar-refractivity contribution in [3.05, 3.63) is 51.9 Å². The molecule has 0 radical (unpaired) electrons. The van der Waals surface area contributed by atoms with E-state index in [1.165, 1.54) is 10.4 Å². The van der Waals surface area contributed by atoms with Crippen LogP contribution >= 0.6 is 11.3 Å². The molecule has 3 heterocycles. The van der Waals surface area contributed by atoms with Crippen molar-refractivity contribution in [3.63, 3.8) is 0 Å². The zero-order chi connectivity index (χ0) is 14.8. The van der Waals surface area contributed by atoms with Gasteiger partial charge in [0.1, 0.15) is 5.82 Å². The molecule has 1 N–H and O–H groups in total. The van der Waals surface area contributed by atoms with Gasteiger partial charge in [-0.2, -0.15) is 0 Å². The Hall–Kier alpha value is -2.14. The molecule has 1 aliphatic rings. The average Bonchev–Trinajstić information content (AvgIpc) is 2.95. The number of thiophene rings is 1. The molecule has 0 saturated heterocycles. The van der Waals surface area contributed by atoms with Crippen molar-refractivity contribution in [1.29, 1.82) is 0 Å². The summed E-state index contributed by atoms with van der Waals surface area (Å²) in [5, 5.41) is 10.9. The van der Waals surface area contributed by atoms with Gasteiger partial charge in [0.05, 0.1) is 6.04 Å². The quantitative estimate of drug-likeness (QED) is 0.883. The van der Waals surface area contributed by atoms with Crippen LogP contribution in [0.5, 0.6) is 0 Å². The molecular weight excluding hydrogens is 284 g/mol. The molecule has 0 saturated carbocycles. The number of pyridine rings is 1. The summed E-state index contributed by atoms with van der Waals surface area (Å²) >= 11 is 1.81. The predicted molar refractivity (Wildman–Crippen MR) is 84.7 cm³/mol. The van der Waals surface area contributed by atoms with E-state index in [2.05, 4.69) is 28.3 Å². The number of carboxylic acid groups (broad SMARTS) is 1. The van der Waals surface area contributed by atoms with E-state index in [0.717, 1.165) is 30.4 Å². The lowest BCUT2D eigenvalue weighted by atomic mass is 10.0. The average molecular weight is 300 g/mol. The van der Waals surface area contributed by atoms with Crippen molar-refractivity contribution < 1.29 is 9.90 Å². The number of rotatable bonds is 3. The van der Waals surface area contributed by atoms with Crippen LogP contribution in [0.1, 0.15) is 29.0 Å². The second-order valence-electron chi connectivity index (χ2n) is 5.01. The number of carboxylic acids is 1. The zero-order valence-electron chi connectivity index (χ0n) is 11.7. The van der Waals surface area contributed by atoms with Crippen molar-refractivity contribution in [2.75, 3.05) is 11.4 Å². The summed E-state index contributed by atoms with van der Waals surface area (Å²) in [7, 11) is 0. The molecule has 0 amide bonds. The second-order valence-corrected chi connectivity index (χ2v) is 6.01. The molecule has 5 heteroatoms. The van der Waals surface area contributed by atoms with E-state index in [9.17, 15) is 4.79 Å². The zero-order valence-corrected chi connectivity index (χ0v) is 12.5. The fourth-order valence-electron chi connectivity index (χ4n) is 2.74. The Morgan fingerprint density at radius 3 is 3.19 bits per heavy atom. The summed E-state index contributed by atoms with van der Waals surface area (Å²) in [4.78, 5) is 18.9. The normalized spacial score (nSPS) is 18.0. The number of nitrogens with zero attached hydrogens (tertiary/aromatic N) is 2. The Labute approximate surface area is 127 Å². The Morgan fingerprint density at radius 1 is 1.52 bits per heavy atom. The third-order valence-electron chi connectivity index (χ3n) is 3.77. The molecule has 108 valence electrons. The van der Waals surface area contributed by atoms with Gasteiger partial charge in [-0.05, 0) is 48.6 Å². The highest BCUT2D eigenvalue weighted by molar-refractivity contribution is 7.10. The summed E-state index contributed by atoms with van der Waals surface area (Å²) in [5.74, 6) is -0.101. The fraction of sp³-hybridized carbons (Fsp3) is 0.250. The van der Waals surface area contributed by atoms with Crippen LogP contribution in [0.4, 0.5) is 5.82 Å². The molecule has 1 unspecified atom stereocenters. The maximum absolute atomic E-state index is 10.7. The van der Waals surface area contributed by atoms with Crippen molar-refractivity contribution in [1.82, 2.24) is 4.98 Å². The molecule has 4 nitrogen and oxygen atoms in total. The van der Waals surface area contributed by atoms with E-state index in [0.29, 0.717) is 0 Å². The molecule has 2 aromatic rings. The summed E-state index contributed by atoms with van der Waals surface area (Å²) in [6.45, 7) is 3.07. The van der Waals surface area contributed by atoms with Gasteiger partial charge in [0.15, 0.2) is 0 Å². The maximum Gasteiger partial charge on any atom is 0.328 e. The van der Waals surface area contributed by atoms with Gasteiger partial charge < -0.3 is 10.0 Å². The monoisotopic (exact) mass is 300 g/mol. The largest absolute Gasteiger partial charge is 0.478 e. The van der Waals surface area contributed by atoms with E-state index in [1.54, 1.807) is 23.6 Å². The molecule has 3 rings (SSSR count). The number of aliphatic carboxylic acids is 1. The molecular formula is C16H16N2O2S. The Balaban J connectivity index is 1.96. The van der Waals surface area contributed by atoms with E-state index in [4.69, 9.17) is 5.11 Å². The van der Waals surface area contributed by atoms with Gasteiger partial charge in [-0.25, -0.2) is 9.78 Å². The number of fused-ring (bicyclic) bond motifs is 1. The summed E-state index contributed by atoms with van der Waals surface area (Å²) in [5.41, 5.74) is 2.19. The predicted octanol–water partition coefficient (Wildman–Crippen LogP) is 3.36. The molecule has 0 aromatic carbocycles. The molecule has 0 spiro atoms. The van der Waals surface area contributed by atoms with Crippen LogP contribution in [0.15, 0.2) is 35.9 Å². The van der Waals surface area contributed by atoms with Crippen LogP contribution in [-0.4, -0.2) is 22.6 Å². The Morgan fingerprint density at radius 2 is 2.38 bits per heavy atom. The topological polar surface area (TPSA) is 53.4 Å². The molecule has 0 aliphatic carbocycles. The van der Waals surface area contributed by atoms with Gasteiger partial charge >= 0.3 is 5.97 Å². The molecule has 0 bridgehead atoms. The lowest BCUT2D eigenvalue weighted by molar-refractivity contribution is -0.131. The molecule has 21 heavy (non-hydrogen) atoms. The first-order valence-corrected chi connectivity index (χ1v) is 7.73. The maximum atomic E-state index is 10.7. The first kappa shape index (κ1) is 13.8. The standard InChI is InChI=1S/C16H16N2O2S/c1-11-13-7-10-21-14(13)6-9-18(11)16-12(3-2-8-17-16)4-5-15(19)20/h2-5,7-8,10-11H,6,9H2,1H3,(H,19,20)/b5-4+. The minimum Gasteiger partial charge on any atom is -0.478 e. The lowest BCUT2D eigenvalue weighted by Gasteiger charge is -2.35. The van der Waals surface area contributed by atoms with Gasteiger partial charge in [-0.3, -0.25) is 0 Å². The summed E-state index contributed by atoms with van der Waals surface area (Å²) < 4.78 is 0. The highest BCUT2D eigenvalue weighted by atomic mass is 32.1. The minimum atomic E-state index is -0.948. The SMILES string of the molecule is CC1c2ccsc2CCN1c1ncccc1/C=C/C(=O)O. The first-order valence-electron chi connectivity index (χ1n) is 6.86. The minimum absolute atomic E-state index is 0.256. The van der Waals surface area contributed by atoms with Crippen LogP contribution in [0.3, 0.4) is 0 Å². The highest BCUT2D eigenvalue weighted by Crippen LogP contribution is 2.36. The van der Waals surface area contributed by atoms with E-state index in [1.807, 2.05) is 12.1 Å². The third-order valence-corrected chi connectivity index (χ3v) is 4.77. The smallest absolute Gasteiger partial charge is 0.328 e. The number of carbonyl (C=O) groups is 1. The van der Waals surface area contributed by atoms with Crippen molar-refractivity contribution >= 4 is 29.2 Å². The third kappa shape index (κ3) is 2.69. The van der Waals surface area contributed by atoms with E-state index >= 15 is 0 Å². The Kier molecular flexibility index (Phi) is 3.75. The fourth-order valence-corrected chi connectivity index (χ4v) is 3.70. The van der Waals surface area contributed by atoms with Crippen LogP contribution in [0.2, 0.25) is 0 Å². The van der Waals surface area contributed by atoms with Crippen LogP contribution in [0.25, 0.3) is 6.08 Å². The highest BCUT2D eigenvalue weighted by Gasteiger charge is 2.26. The van der Waals surface area contributed by atoms with E-state index < -0.39 is 5.97 Å². The first-order chi connectivity index (χ1) is 10.2. The molecule has 1 atom stereocenters. The number of hydrogen-bond donors (Lipinski definition) is 1. The van der Waals surface area contributed by atoms with Crippen molar-refractivity contribution in [2.24, 2.45) is 0 Å². The van der Waals surface area contributed by atoms with Crippen molar-refractivity contribution in [3.8, 4) is 0 Å². The van der Waals surface area contributed by atoms with Gasteiger partial charge in [-0.1, -0.05) is 0 Å². The van der Waals surface area contributed by atoms with Gasteiger partial charge in [0.25, 0.3) is 0 Å². The number of aromatic nitrogens is 1. The molecule has 2 aromatic heterocycles. The lowest BCUT2D eigenvalue weighted by Crippen LogP contribution is -2.34. The summed E-state index contributed by atoms with van der Waals surface area (Å²) in [6.07, 6.45) is 5.53. The van der Waals surface area contributed by atoms with Gasteiger partial charge in [0.2, 0.25) is 0 Å². The van der Waals surface area contributed by atoms with Gasteiger partial charge in [-0.15, -0.1) is 11.3 Å². The molecule has 0 fully saturated rings. The van der Waals surface area contributed by atoms with Gasteiger partial charge in [0, 0.05) is 29.3 Å². The Bertz CT molecular complexity index is 693.